The van der Waals surface area contributed by atoms with Crippen molar-refractivity contribution in [3.63, 3.8) is 0 Å². The Morgan fingerprint density at radius 3 is 2.69 bits per heavy atom. The van der Waals surface area contributed by atoms with E-state index in [-0.39, 0.29) is 11.5 Å². The third kappa shape index (κ3) is 2.87. The molecule has 0 amide bonds. The fourth-order valence-corrected chi connectivity index (χ4v) is 1.01. The lowest BCUT2D eigenvalue weighted by atomic mass is 10.0. The Kier molecular flexibility index (Phi) is 2.57. The molecular formula is C10H13NO2. The summed E-state index contributed by atoms with van der Waals surface area (Å²) in [5, 5.41) is 9.04. The van der Waals surface area contributed by atoms with Crippen LogP contribution in [0.5, 0.6) is 5.75 Å². The van der Waals surface area contributed by atoms with Crippen LogP contribution in [0.3, 0.4) is 0 Å². The maximum Gasteiger partial charge on any atom is 0.146 e. The molecule has 3 N–H and O–H groups in total. The third-order valence-electron chi connectivity index (χ3n) is 1.87. The summed E-state index contributed by atoms with van der Waals surface area (Å²) in [6.07, 6.45) is 0.471. The number of benzene rings is 1. The summed E-state index contributed by atoms with van der Waals surface area (Å²) in [5.74, 6) is 0.139. The minimum absolute atomic E-state index is 0.0620. The fourth-order valence-electron chi connectivity index (χ4n) is 1.01. The van der Waals surface area contributed by atoms with Gasteiger partial charge in [0.1, 0.15) is 12.9 Å². The van der Waals surface area contributed by atoms with Gasteiger partial charge in [0.05, 0.1) is 6.04 Å². The summed E-state index contributed by atoms with van der Waals surface area (Å²) < 4.78 is 6.96. The molecule has 13 heavy (non-hydrogen) atoms. The first-order valence-corrected chi connectivity index (χ1v) is 4.09. The van der Waals surface area contributed by atoms with Gasteiger partial charge in [0.25, 0.3) is 0 Å². The van der Waals surface area contributed by atoms with Gasteiger partial charge in [-0.1, -0.05) is 12.1 Å². The Labute approximate surface area is 78.6 Å². The molecule has 0 unspecified atom stereocenters. The number of hydrogen-bond donors (Lipinski definition) is 2. The molecule has 0 aliphatic heterocycles. The molecule has 3 nitrogen and oxygen atoms in total. The highest BCUT2D eigenvalue weighted by molar-refractivity contribution is 5.81. The van der Waals surface area contributed by atoms with E-state index in [2.05, 4.69) is 5.73 Å². The van der Waals surface area contributed by atoms with E-state index in [0.717, 1.165) is 5.56 Å². The molecule has 0 aromatic heterocycles. The van der Waals surface area contributed by atoms with E-state index >= 15 is 0 Å². The molecule has 70 valence electrons. The van der Waals surface area contributed by atoms with Gasteiger partial charge in [-0.25, -0.2) is 0 Å². The maximum absolute atomic E-state index is 11.0. The van der Waals surface area contributed by atoms with E-state index < -0.39 is 6.04 Å². The fraction of sp³-hybridized carbons (Fsp3) is 0.300. The van der Waals surface area contributed by atoms with E-state index in [1.807, 2.05) is 0 Å². The van der Waals surface area contributed by atoms with Crippen LogP contribution in [-0.4, -0.2) is 16.9 Å². The van der Waals surface area contributed by atoms with Crippen LogP contribution in [0.25, 0.3) is 0 Å². The first-order valence-electron chi connectivity index (χ1n) is 4.59. The van der Waals surface area contributed by atoms with Crippen molar-refractivity contribution in [3.05, 3.63) is 29.8 Å². The van der Waals surface area contributed by atoms with Gasteiger partial charge >= 0.3 is 0 Å². The van der Waals surface area contributed by atoms with Gasteiger partial charge in [-0.3, -0.25) is 4.79 Å². The number of carbonyl (C=O) groups excluding carboxylic acids is 1. The number of phenols is 1. The lowest BCUT2D eigenvalue weighted by Gasteiger charge is -2.07. The Hall–Kier alpha value is -1.35. The second-order valence-corrected chi connectivity index (χ2v) is 3.03. The number of aromatic hydroxyl groups is 1. The van der Waals surface area contributed by atoms with E-state index in [1.165, 1.54) is 6.92 Å². The van der Waals surface area contributed by atoms with Crippen molar-refractivity contribution in [3.8, 4) is 5.75 Å². The molecule has 0 fully saturated rings. The molecule has 0 bridgehead atoms. The van der Waals surface area contributed by atoms with Crippen LogP contribution in [0.2, 0.25) is 1.41 Å². The van der Waals surface area contributed by atoms with Gasteiger partial charge in [0.15, 0.2) is 0 Å². The first-order chi connectivity index (χ1) is 6.63. The van der Waals surface area contributed by atoms with Gasteiger partial charge in [0.2, 0.25) is 0 Å². The molecular weight excluding hydrogens is 166 g/mol. The summed E-state index contributed by atoms with van der Waals surface area (Å²) in [6, 6.07) is 6.14. The maximum atomic E-state index is 11.0. The molecule has 1 aromatic carbocycles. The minimum atomic E-state index is -0.473. The molecule has 1 aromatic rings. The molecule has 0 heterocycles. The summed E-state index contributed by atoms with van der Waals surface area (Å²) in [6.45, 7) is 1.45. The Morgan fingerprint density at radius 1 is 1.62 bits per heavy atom. The standard InChI is InChI=1S/C10H13NO2/c1-7(12)10(11)6-8-2-4-9(13)5-3-8/h2-5,10,13H,6,11H2,1H3/t10-/m0/s1/i/hD. The van der Waals surface area contributed by atoms with Crippen LogP contribution >= 0.6 is 0 Å². The molecule has 0 radical (unpaired) electrons. The normalized spacial score (nSPS) is 13.5. The second-order valence-electron chi connectivity index (χ2n) is 3.03. The number of phenolic OH excluding ortho intramolecular Hbond substituents is 1. The molecule has 1 atom stereocenters. The van der Waals surface area contributed by atoms with E-state index in [9.17, 15) is 4.79 Å². The predicted molar refractivity (Wildman–Crippen MR) is 50.5 cm³/mol. The Balaban J connectivity index is 2.67. The van der Waals surface area contributed by atoms with Crippen molar-refractivity contribution in [2.75, 3.05) is 0 Å². The van der Waals surface area contributed by atoms with Gasteiger partial charge in [-0.2, -0.15) is 0 Å². The highest BCUT2D eigenvalue weighted by atomic mass is 16.3. The number of rotatable bonds is 4. The van der Waals surface area contributed by atoms with Crippen molar-refractivity contribution >= 4 is 5.78 Å². The van der Waals surface area contributed by atoms with Crippen molar-refractivity contribution in [2.24, 2.45) is 5.73 Å². The van der Waals surface area contributed by atoms with Crippen LogP contribution < -0.4 is 5.73 Å². The predicted octanol–water partition coefficient (Wildman–Crippen LogP) is 0.851. The Morgan fingerprint density at radius 2 is 2.23 bits per heavy atom. The molecule has 1 rings (SSSR count). The van der Waals surface area contributed by atoms with Gasteiger partial charge in [-0.15, -0.1) is 0 Å². The summed E-state index contributed by atoms with van der Waals surface area (Å²) in [4.78, 5) is 11.0. The summed E-state index contributed by atoms with van der Waals surface area (Å²) >= 11 is 0. The first kappa shape index (κ1) is 8.26. The highest BCUT2D eigenvalue weighted by Gasteiger charge is 2.08. The molecule has 0 saturated heterocycles. The number of carbonyl (C=O) groups is 1. The monoisotopic (exact) mass is 180 g/mol. The van der Waals surface area contributed by atoms with E-state index in [0.29, 0.717) is 6.42 Å². The van der Waals surface area contributed by atoms with Crippen LogP contribution in [0.15, 0.2) is 24.3 Å². The molecule has 0 spiro atoms. The summed E-state index contributed by atoms with van der Waals surface area (Å²) in [7, 11) is 0. The summed E-state index contributed by atoms with van der Waals surface area (Å²) in [5.41, 5.74) is 3.12. The van der Waals surface area contributed by atoms with Crippen LogP contribution in [0.4, 0.5) is 0 Å². The molecule has 3 heteroatoms. The molecule has 0 saturated carbocycles. The zero-order valence-corrected chi connectivity index (χ0v) is 7.45. The number of nitrogens with two attached hydrogens (primary N) is 1. The SMILES string of the molecule is [2H]N[C@@H](Cc1ccc(O)cc1)C(C)=O. The Bertz CT molecular complexity index is 310. The lowest BCUT2D eigenvalue weighted by molar-refractivity contribution is -0.118. The zero-order chi connectivity index (χ0) is 10.6. The van der Waals surface area contributed by atoms with Crippen molar-refractivity contribution in [2.45, 2.75) is 19.4 Å². The topological polar surface area (TPSA) is 63.3 Å². The van der Waals surface area contributed by atoms with Crippen LogP contribution in [0.1, 0.15) is 12.5 Å². The zero-order valence-electron chi connectivity index (χ0n) is 8.45. The number of Topliss-reactive ketones (excluding diaryl/α,β-unsaturated/α-hetero) is 1. The second kappa shape index (κ2) is 4.05. The van der Waals surface area contributed by atoms with Gasteiger partial charge in [-0.05, 0) is 31.0 Å². The van der Waals surface area contributed by atoms with Crippen molar-refractivity contribution in [1.82, 2.24) is 0 Å². The van der Waals surface area contributed by atoms with Crippen molar-refractivity contribution < 1.29 is 11.3 Å². The minimum Gasteiger partial charge on any atom is -0.508 e. The van der Waals surface area contributed by atoms with Crippen molar-refractivity contribution in [1.29, 1.82) is 0 Å². The number of ketones is 1. The third-order valence-corrected chi connectivity index (χ3v) is 1.87. The molecule has 0 aliphatic rings. The average Bonchev–Trinajstić information content (AvgIpc) is 2.16. The largest absolute Gasteiger partial charge is 0.508 e. The number of hydrogen-bond acceptors (Lipinski definition) is 3. The molecule has 0 aliphatic carbocycles. The van der Waals surface area contributed by atoms with E-state index in [4.69, 9.17) is 6.52 Å². The average molecular weight is 180 g/mol. The lowest BCUT2D eigenvalue weighted by Crippen LogP contribution is -2.30. The van der Waals surface area contributed by atoms with Crippen LogP contribution in [-0.2, 0) is 11.2 Å². The van der Waals surface area contributed by atoms with E-state index in [1.54, 1.807) is 24.3 Å². The van der Waals surface area contributed by atoms with Gasteiger partial charge < -0.3 is 10.8 Å². The highest BCUT2D eigenvalue weighted by Crippen LogP contribution is 2.10. The van der Waals surface area contributed by atoms with Crippen LogP contribution in [0, 0.1) is 0 Å². The van der Waals surface area contributed by atoms with Gasteiger partial charge in [0, 0.05) is 0 Å². The quantitative estimate of drug-likeness (QED) is 0.722. The smallest absolute Gasteiger partial charge is 0.146 e.